The van der Waals surface area contributed by atoms with E-state index in [0.717, 1.165) is 0 Å². The van der Waals surface area contributed by atoms with E-state index in [2.05, 4.69) is 5.32 Å². The summed E-state index contributed by atoms with van der Waals surface area (Å²) >= 11 is 12.1. The Balaban J connectivity index is 2.13. The Labute approximate surface area is 133 Å². The predicted octanol–water partition coefficient (Wildman–Crippen LogP) is 4.65. The number of benzene rings is 2. The van der Waals surface area contributed by atoms with Crippen LogP contribution in [0.1, 0.15) is 5.56 Å². The van der Waals surface area contributed by atoms with Crippen molar-refractivity contribution in [1.82, 2.24) is 0 Å². The molecule has 0 unspecified atom stereocenters. The number of methoxy groups -OCH3 is 1. The van der Waals surface area contributed by atoms with Crippen LogP contribution in [0.15, 0.2) is 48.5 Å². The number of rotatable bonds is 4. The Morgan fingerprint density at radius 3 is 2.43 bits per heavy atom. The zero-order valence-electron chi connectivity index (χ0n) is 11.3. The van der Waals surface area contributed by atoms with Crippen LogP contribution in [0.4, 0.5) is 5.69 Å². The average Bonchev–Trinajstić information content (AvgIpc) is 2.47. The molecule has 0 aliphatic rings. The molecule has 5 heteroatoms. The molecular weight excluding hydrogens is 309 g/mol. The molecule has 21 heavy (non-hydrogen) atoms. The first kappa shape index (κ1) is 15.4. The monoisotopic (exact) mass is 321 g/mol. The van der Waals surface area contributed by atoms with Crippen molar-refractivity contribution in [3.05, 3.63) is 64.1 Å². The van der Waals surface area contributed by atoms with E-state index in [-0.39, 0.29) is 5.91 Å². The first-order valence-corrected chi connectivity index (χ1v) is 6.93. The Hall–Kier alpha value is -1.97. The standard InChI is InChI=1S/C16H13Cl2NO2/c1-21-15-8-3-2-7-14(15)19-16(20)10-9-11-12(17)5-4-6-13(11)18/h2-10H,1H3,(H,19,20)/b10-9+. The number of para-hydroxylation sites is 2. The maximum absolute atomic E-state index is 11.9. The molecule has 1 amide bonds. The van der Waals surface area contributed by atoms with Gasteiger partial charge in [-0.25, -0.2) is 0 Å². The fourth-order valence-corrected chi connectivity index (χ4v) is 2.27. The van der Waals surface area contributed by atoms with Crippen molar-refractivity contribution in [3.8, 4) is 5.75 Å². The first-order chi connectivity index (χ1) is 10.1. The minimum atomic E-state index is -0.296. The summed E-state index contributed by atoms with van der Waals surface area (Å²) in [6.07, 6.45) is 2.95. The molecule has 0 atom stereocenters. The number of hydrogen-bond donors (Lipinski definition) is 1. The van der Waals surface area contributed by atoms with Gasteiger partial charge in [-0.05, 0) is 30.3 Å². The number of hydrogen-bond acceptors (Lipinski definition) is 2. The second kappa shape index (κ2) is 7.16. The van der Waals surface area contributed by atoms with E-state index in [0.29, 0.717) is 27.0 Å². The van der Waals surface area contributed by atoms with Crippen LogP contribution in [0.5, 0.6) is 5.75 Å². The summed E-state index contributed by atoms with van der Waals surface area (Å²) < 4.78 is 5.17. The summed E-state index contributed by atoms with van der Waals surface area (Å²) in [4.78, 5) is 11.9. The van der Waals surface area contributed by atoms with E-state index in [4.69, 9.17) is 27.9 Å². The Bertz CT molecular complexity index is 663. The van der Waals surface area contributed by atoms with Crippen molar-refractivity contribution in [2.45, 2.75) is 0 Å². The number of carbonyl (C=O) groups is 1. The lowest BCUT2D eigenvalue weighted by Gasteiger charge is -2.08. The third-order valence-corrected chi connectivity index (χ3v) is 3.43. The van der Waals surface area contributed by atoms with Gasteiger partial charge in [0.1, 0.15) is 5.75 Å². The summed E-state index contributed by atoms with van der Waals surface area (Å²) in [5.41, 5.74) is 1.20. The summed E-state index contributed by atoms with van der Waals surface area (Å²) in [5.74, 6) is 0.297. The van der Waals surface area contributed by atoms with Crippen LogP contribution in [0.25, 0.3) is 6.08 Å². The Morgan fingerprint density at radius 1 is 1.10 bits per heavy atom. The number of anilines is 1. The molecule has 0 aromatic heterocycles. The van der Waals surface area contributed by atoms with Gasteiger partial charge in [0.15, 0.2) is 0 Å². The third kappa shape index (κ3) is 4.00. The van der Waals surface area contributed by atoms with E-state index in [1.54, 1.807) is 43.5 Å². The molecule has 2 aromatic carbocycles. The van der Waals surface area contributed by atoms with Gasteiger partial charge in [-0.15, -0.1) is 0 Å². The van der Waals surface area contributed by atoms with Crippen LogP contribution in [-0.4, -0.2) is 13.0 Å². The maximum atomic E-state index is 11.9. The zero-order chi connectivity index (χ0) is 15.2. The molecule has 3 nitrogen and oxygen atoms in total. The molecule has 2 aromatic rings. The lowest BCUT2D eigenvalue weighted by molar-refractivity contribution is -0.111. The number of ether oxygens (including phenoxy) is 1. The molecule has 0 fully saturated rings. The molecular formula is C16H13Cl2NO2. The van der Waals surface area contributed by atoms with E-state index in [1.165, 1.54) is 6.08 Å². The highest BCUT2D eigenvalue weighted by molar-refractivity contribution is 6.37. The molecule has 0 bridgehead atoms. The normalized spacial score (nSPS) is 10.6. The largest absolute Gasteiger partial charge is 0.495 e. The molecule has 2 rings (SSSR count). The molecule has 0 aliphatic carbocycles. The highest BCUT2D eigenvalue weighted by atomic mass is 35.5. The summed E-state index contributed by atoms with van der Waals surface area (Å²) in [7, 11) is 1.55. The Morgan fingerprint density at radius 2 is 1.76 bits per heavy atom. The van der Waals surface area contributed by atoms with Crippen LogP contribution in [0.2, 0.25) is 10.0 Å². The van der Waals surface area contributed by atoms with Crippen LogP contribution in [0, 0.1) is 0 Å². The molecule has 108 valence electrons. The molecule has 0 heterocycles. The van der Waals surface area contributed by atoms with Gasteiger partial charge in [-0.3, -0.25) is 4.79 Å². The van der Waals surface area contributed by atoms with Gasteiger partial charge in [-0.1, -0.05) is 41.4 Å². The van der Waals surface area contributed by atoms with Gasteiger partial charge in [-0.2, -0.15) is 0 Å². The van der Waals surface area contributed by atoms with E-state index in [9.17, 15) is 4.79 Å². The van der Waals surface area contributed by atoms with Crippen LogP contribution in [-0.2, 0) is 4.79 Å². The molecule has 0 saturated heterocycles. The van der Waals surface area contributed by atoms with E-state index >= 15 is 0 Å². The highest BCUT2D eigenvalue weighted by Gasteiger charge is 2.05. The van der Waals surface area contributed by atoms with E-state index < -0.39 is 0 Å². The molecule has 0 radical (unpaired) electrons. The van der Waals surface area contributed by atoms with Crippen molar-refractivity contribution in [3.63, 3.8) is 0 Å². The van der Waals surface area contributed by atoms with Gasteiger partial charge in [0.2, 0.25) is 5.91 Å². The maximum Gasteiger partial charge on any atom is 0.248 e. The zero-order valence-corrected chi connectivity index (χ0v) is 12.8. The van der Waals surface area contributed by atoms with Crippen molar-refractivity contribution in [2.24, 2.45) is 0 Å². The minimum absolute atomic E-state index is 0.296. The minimum Gasteiger partial charge on any atom is -0.495 e. The lowest BCUT2D eigenvalue weighted by atomic mass is 10.2. The van der Waals surface area contributed by atoms with E-state index in [1.807, 2.05) is 12.1 Å². The van der Waals surface area contributed by atoms with Gasteiger partial charge >= 0.3 is 0 Å². The number of carbonyl (C=O) groups excluding carboxylic acids is 1. The smallest absolute Gasteiger partial charge is 0.248 e. The van der Waals surface area contributed by atoms with Crippen molar-refractivity contribution < 1.29 is 9.53 Å². The van der Waals surface area contributed by atoms with Gasteiger partial charge in [0, 0.05) is 21.7 Å². The summed E-state index contributed by atoms with van der Waals surface area (Å²) in [6.45, 7) is 0. The average molecular weight is 322 g/mol. The number of amides is 1. The molecule has 0 aliphatic heterocycles. The van der Waals surface area contributed by atoms with Crippen molar-refractivity contribution >= 4 is 40.9 Å². The predicted molar refractivity (Wildman–Crippen MR) is 87.1 cm³/mol. The molecule has 0 spiro atoms. The second-order valence-electron chi connectivity index (χ2n) is 4.16. The van der Waals surface area contributed by atoms with Gasteiger partial charge in [0.05, 0.1) is 12.8 Å². The fraction of sp³-hybridized carbons (Fsp3) is 0.0625. The fourth-order valence-electron chi connectivity index (χ4n) is 1.75. The summed E-state index contributed by atoms with van der Waals surface area (Å²) in [5, 5.41) is 3.71. The van der Waals surface area contributed by atoms with Gasteiger partial charge in [0.25, 0.3) is 0 Å². The molecule has 1 N–H and O–H groups in total. The van der Waals surface area contributed by atoms with Crippen LogP contribution >= 0.6 is 23.2 Å². The van der Waals surface area contributed by atoms with Gasteiger partial charge < -0.3 is 10.1 Å². The topological polar surface area (TPSA) is 38.3 Å². The first-order valence-electron chi connectivity index (χ1n) is 6.18. The van der Waals surface area contributed by atoms with Crippen molar-refractivity contribution in [1.29, 1.82) is 0 Å². The van der Waals surface area contributed by atoms with Crippen molar-refractivity contribution in [2.75, 3.05) is 12.4 Å². The molecule has 0 saturated carbocycles. The third-order valence-electron chi connectivity index (χ3n) is 2.77. The second-order valence-corrected chi connectivity index (χ2v) is 4.97. The Kier molecular flexibility index (Phi) is 5.26. The number of halogens is 2. The lowest BCUT2D eigenvalue weighted by Crippen LogP contribution is -2.08. The van der Waals surface area contributed by atoms with Crippen LogP contribution in [0.3, 0.4) is 0 Å². The van der Waals surface area contributed by atoms with Crippen LogP contribution < -0.4 is 10.1 Å². The quantitative estimate of drug-likeness (QED) is 0.832. The SMILES string of the molecule is COc1ccccc1NC(=O)/C=C/c1c(Cl)cccc1Cl. The highest BCUT2D eigenvalue weighted by Crippen LogP contribution is 2.26. The number of nitrogens with one attached hydrogen (secondary N) is 1. The summed E-state index contributed by atoms with van der Waals surface area (Å²) in [6, 6.07) is 12.3.